The molecule has 1 aromatic heterocycles. The molecule has 2 aliphatic heterocycles. The molecule has 7 nitrogen and oxygen atoms in total. The number of hydrogen-bond donors (Lipinski definition) is 2. The maximum absolute atomic E-state index is 13.8. The van der Waals surface area contributed by atoms with Gasteiger partial charge in [0.2, 0.25) is 0 Å². The zero-order valence-corrected chi connectivity index (χ0v) is 23.2. The van der Waals surface area contributed by atoms with Crippen molar-refractivity contribution in [3.05, 3.63) is 70.3 Å². The number of hydrogen-bond acceptors (Lipinski definition) is 6. The minimum absolute atomic E-state index is 0.0501. The van der Waals surface area contributed by atoms with Crippen LogP contribution in [0.5, 0.6) is 5.75 Å². The van der Waals surface area contributed by atoms with E-state index in [9.17, 15) is 9.90 Å². The van der Waals surface area contributed by atoms with Crippen molar-refractivity contribution in [1.82, 2.24) is 19.8 Å². The van der Waals surface area contributed by atoms with E-state index >= 15 is 0 Å². The number of nitrogens with one attached hydrogen (secondary N) is 1. The largest absolute Gasteiger partial charge is 0.507 e. The average Bonchev–Trinajstić information content (AvgIpc) is 2.91. The first-order valence-electron chi connectivity index (χ1n) is 14.2. The zero-order chi connectivity index (χ0) is 26.8. The first-order chi connectivity index (χ1) is 18.4. The topological polar surface area (TPSA) is 73.6 Å². The predicted molar refractivity (Wildman–Crippen MR) is 156 cm³/mol. The van der Waals surface area contributed by atoms with Crippen LogP contribution in [0.2, 0.25) is 0 Å². The van der Waals surface area contributed by atoms with Gasteiger partial charge in [0.05, 0.1) is 16.9 Å². The molecule has 38 heavy (non-hydrogen) atoms. The molecule has 2 aromatic carbocycles. The second kappa shape index (κ2) is 11.3. The van der Waals surface area contributed by atoms with Crippen molar-refractivity contribution in [2.45, 2.75) is 71.6 Å². The van der Waals surface area contributed by atoms with Crippen LogP contribution in [0.3, 0.4) is 0 Å². The van der Waals surface area contributed by atoms with Crippen LogP contribution in [0.25, 0.3) is 16.5 Å². The van der Waals surface area contributed by atoms with Gasteiger partial charge in [-0.05, 0) is 63.5 Å². The maximum atomic E-state index is 13.8. The molecule has 0 spiro atoms. The van der Waals surface area contributed by atoms with Gasteiger partial charge >= 0.3 is 0 Å². The SMILES string of the molecule is CCCC(c1nc2ccc(N3CC=C(c4ccccc4O)CC3)cc2c(=O)n1CC)N1C[C@@H](C)N[C@@H](C)C1. The Morgan fingerprint density at radius 1 is 1.11 bits per heavy atom. The number of rotatable bonds is 7. The van der Waals surface area contributed by atoms with Crippen molar-refractivity contribution in [3.8, 4) is 5.75 Å². The molecule has 5 rings (SSSR count). The molecule has 202 valence electrons. The standard InChI is InChI=1S/C31H41N5O2/c1-5-9-28(35-19-21(3)32-22(4)20-35)30-33-27-13-12-24(18-26(27)31(38)36(30)6-2)34-16-14-23(15-17-34)25-10-7-8-11-29(25)37/h7-8,10-14,18,21-22,28,32,37H,5-6,9,15-17,19-20H2,1-4H3/t21-,22+,28?. The number of aromatic hydroxyl groups is 1. The van der Waals surface area contributed by atoms with Gasteiger partial charge in [0, 0.05) is 56.1 Å². The highest BCUT2D eigenvalue weighted by Crippen LogP contribution is 2.32. The summed E-state index contributed by atoms with van der Waals surface area (Å²) in [5.74, 6) is 1.22. The molecular formula is C31H41N5O2. The van der Waals surface area contributed by atoms with Crippen LogP contribution >= 0.6 is 0 Å². The molecule has 0 aliphatic carbocycles. The third-order valence-corrected chi connectivity index (χ3v) is 7.99. The van der Waals surface area contributed by atoms with Crippen LogP contribution in [0.4, 0.5) is 5.69 Å². The van der Waals surface area contributed by atoms with Gasteiger partial charge in [-0.2, -0.15) is 0 Å². The number of phenolic OH excluding ortho intramolecular Hbond substituents is 1. The van der Waals surface area contributed by atoms with Crippen LogP contribution in [-0.2, 0) is 6.54 Å². The van der Waals surface area contributed by atoms with Gasteiger partial charge in [-0.1, -0.05) is 37.6 Å². The van der Waals surface area contributed by atoms with Gasteiger partial charge < -0.3 is 15.3 Å². The molecule has 0 amide bonds. The Morgan fingerprint density at radius 2 is 1.87 bits per heavy atom. The highest BCUT2D eigenvalue weighted by Gasteiger charge is 2.30. The number of fused-ring (bicyclic) bond motifs is 1. The van der Waals surface area contributed by atoms with E-state index in [1.807, 2.05) is 41.8 Å². The van der Waals surface area contributed by atoms with E-state index in [1.54, 1.807) is 6.07 Å². The first-order valence-corrected chi connectivity index (χ1v) is 14.2. The lowest BCUT2D eigenvalue weighted by atomic mass is 9.98. The van der Waals surface area contributed by atoms with Gasteiger partial charge in [-0.25, -0.2) is 4.98 Å². The molecule has 2 aliphatic rings. The van der Waals surface area contributed by atoms with E-state index in [0.717, 1.165) is 68.0 Å². The molecule has 0 bridgehead atoms. The molecule has 3 aromatic rings. The van der Waals surface area contributed by atoms with Gasteiger partial charge in [-0.3, -0.25) is 14.3 Å². The summed E-state index contributed by atoms with van der Waals surface area (Å²) in [7, 11) is 0. The molecular weight excluding hydrogens is 474 g/mol. The average molecular weight is 516 g/mol. The molecule has 1 fully saturated rings. The van der Waals surface area contributed by atoms with Crippen LogP contribution in [-0.4, -0.2) is 57.8 Å². The van der Waals surface area contributed by atoms with Crippen LogP contribution in [0.1, 0.15) is 64.4 Å². The van der Waals surface area contributed by atoms with Gasteiger partial charge in [0.15, 0.2) is 0 Å². The fraction of sp³-hybridized carbons (Fsp3) is 0.484. The van der Waals surface area contributed by atoms with Gasteiger partial charge in [0.1, 0.15) is 11.6 Å². The number of anilines is 1. The summed E-state index contributed by atoms with van der Waals surface area (Å²) >= 11 is 0. The molecule has 1 saturated heterocycles. The van der Waals surface area contributed by atoms with Crippen molar-refractivity contribution in [2.24, 2.45) is 0 Å². The van der Waals surface area contributed by atoms with E-state index in [2.05, 4.69) is 48.0 Å². The lowest BCUT2D eigenvalue weighted by Gasteiger charge is -2.41. The fourth-order valence-corrected chi connectivity index (χ4v) is 6.25. The molecule has 2 N–H and O–H groups in total. The molecule has 0 saturated carbocycles. The second-order valence-electron chi connectivity index (χ2n) is 10.9. The lowest BCUT2D eigenvalue weighted by molar-refractivity contribution is 0.109. The van der Waals surface area contributed by atoms with Crippen LogP contribution in [0.15, 0.2) is 53.3 Å². The minimum Gasteiger partial charge on any atom is -0.507 e. The summed E-state index contributed by atoms with van der Waals surface area (Å²) in [4.78, 5) is 23.8. The van der Waals surface area contributed by atoms with E-state index in [0.29, 0.717) is 29.8 Å². The summed E-state index contributed by atoms with van der Waals surface area (Å²) in [6.45, 7) is 12.8. The quantitative estimate of drug-likeness (QED) is 0.464. The predicted octanol–water partition coefficient (Wildman–Crippen LogP) is 4.94. The molecule has 1 unspecified atom stereocenters. The number of phenols is 1. The van der Waals surface area contributed by atoms with E-state index in [-0.39, 0.29) is 11.6 Å². The minimum atomic E-state index is 0.0501. The fourth-order valence-electron chi connectivity index (χ4n) is 6.25. The van der Waals surface area contributed by atoms with Crippen molar-refractivity contribution < 1.29 is 5.11 Å². The van der Waals surface area contributed by atoms with Gasteiger partial charge in [0.25, 0.3) is 5.56 Å². The highest BCUT2D eigenvalue weighted by molar-refractivity contribution is 5.82. The highest BCUT2D eigenvalue weighted by atomic mass is 16.3. The number of nitrogens with zero attached hydrogens (tertiary/aromatic N) is 4. The smallest absolute Gasteiger partial charge is 0.261 e. The summed E-state index contributed by atoms with van der Waals surface area (Å²) in [6.07, 6.45) is 5.04. The summed E-state index contributed by atoms with van der Waals surface area (Å²) in [5.41, 5.74) is 3.93. The number of aromatic nitrogens is 2. The van der Waals surface area contributed by atoms with Crippen LogP contribution in [0, 0.1) is 0 Å². The van der Waals surface area contributed by atoms with E-state index in [4.69, 9.17) is 4.98 Å². The number of para-hydroxylation sites is 1. The summed E-state index contributed by atoms with van der Waals surface area (Å²) in [5, 5.41) is 14.6. The normalized spacial score (nSPS) is 21.5. The molecule has 3 atom stereocenters. The maximum Gasteiger partial charge on any atom is 0.261 e. The summed E-state index contributed by atoms with van der Waals surface area (Å²) in [6, 6.07) is 14.6. The van der Waals surface area contributed by atoms with E-state index in [1.165, 1.54) is 5.57 Å². The van der Waals surface area contributed by atoms with Crippen molar-refractivity contribution in [3.63, 3.8) is 0 Å². The van der Waals surface area contributed by atoms with Crippen LogP contribution < -0.4 is 15.8 Å². The third kappa shape index (κ3) is 5.22. The lowest BCUT2D eigenvalue weighted by Crippen LogP contribution is -2.55. The molecule has 0 radical (unpaired) electrons. The van der Waals surface area contributed by atoms with Crippen molar-refractivity contribution >= 4 is 22.2 Å². The Morgan fingerprint density at radius 3 is 2.53 bits per heavy atom. The van der Waals surface area contributed by atoms with E-state index < -0.39 is 0 Å². The third-order valence-electron chi connectivity index (χ3n) is 7.99. The first kappa shape index (κ1) is 26.4. The number of benzene rings is 2. The second-order valence-corrected chi connectivity index (χ2v) is 10.9. The summed E-state index contributed by atoms with van der Waals surface area (Å²) < 4.78 is 1.90. The Balaban J connectivity index is 1.47. The van der Waals surface area contributed by atoms with Crippen molar-refractivity contribution in [2.75, 3.05) is 31.1 Å². The monoisotopic (exact) mass is 515 g/mol. The molecule has 7 heteroatoms. The number of piperazine rings is 1. The Kier molecular flexibility index (Phi) is 7.86. The molecule has 3 heterocycles. The van der Waals surface area contributed by atoms with Gasteiger partial charge in [-0.15, -0.1) is 0 Å². The zero-order valence-electron chi connectivity index (χ0n) is 23.2. The van der Waals surface area contributed by atoms with Crippen molar-refractivity contribution in [1.29, 1.82) is 0 Å². The Labute approximate surface area is 225 Å². The Bertz CT molecular complexity index is 1370. The Hall–Kier alpha value is -3.16.